The summed E-state index contributed by atoms with van der Waals surface area (Å²) in [4.78, 5) is 0. The summed E-state index contributed by atoms with van der Waals surface area (Å²) < 4.78 is 2.32. The lowest BCUT2D eigenvalue weighted by atomic mass is 10.0. The van der Waals surface area contributed by atoms with Gasteiger partial charge < -0.3 is 4.57 Å². The van der Waals surface area contributed by atoms with Gasteiger partial charge in [-0.25, -0.2) is 0 Å². The van der Waals surface area contributed by atoms with Crippen molar-refractivity contribution in [1.29, 1.82) is 0 Å². The van der Waals surface area contributed by atoms with Crippen LogP contribution in [0.4, 0.5) is 0 Å². The smallest absolute Gasteiger partial charge is 0.0495 e. The first-order chi connectivity index (χ1) is 10.7. The normalized spacial score (nSPS) is 12.8. The zero-order valence-corrected chi connectivity index (χ0v) is 12.9. The van der Waals surface area contributed by atoms with Crippen molar-refractivity contribution < 1.29 is 0 Å². The molecule has 22 heavy (non-hydrogen) atoms. The Balaban J connectivity index is 1.89. The maximum Gasteiger partial charge on any atom is 0.0495 e. The molecule has 5 rings (SSSR count). The van der Waals surface area contributed by atoms with Crippen LogP contribution in [-0.4, -0.2) is 4.57 Å². The third kappa shape index (κ3) is 1.43. The molecule has 0 bridgehead atoms. The minimum absolute atomic E-state index is 1.06. The quantitative estimate of drug-likeness (QED) is 0.367. The molecule has 0 saturated carbocycles. The van der Waals surface area contributed by atoms with E-state index in [9.17, 15) is 0 Å². The molecule has 4 aromatic rings. The van der Waals surface area contributed by atoms with Crippen LogP contribution >= 0.6 is 0 Å². The van der Waals surface area contributed by atoms with Crippen LogP contribution in [0.3, 0.4) is 0 Å². The van der Waals surface area contributed by atoms with Crippen molar-refractivity contribution in [2.45, 2.75) is 13.3 Å². The van der Waals surface area contributed by atoms with Gasteiger partial charge in [-0.3, -0.25) is 0 Å². The fourth-order valence-corrected chi connectivity index (χ4v) is 3.98. The van der Waals surface area contributed by atoms with Crippen LogP contribution in [0.2, 0.25) is 0 Å². The van der Waals surface area contributed by atoms with E-state index in [0.29, 0.717) is 0 Å². The van der Waals surface area contributed by atoms with Gasteiger partial charge in [0.05, 0.1) is 0 Å². The molecule has 0 saturated heterocycles. The molecule has 0 atom stereocenters. The topological polar surface area (TPSA) is 4.93 Å². The Kier molecular flexibility index (Phi) is 2.20. The molecule has 1 aromatic heterocycles. The number of para-hydroxylation sites is 1. The van der Waals surface area contributed by atoms with Gasteiger partial charge in [0, 0.05) is 28.9 Å². The number of nitrogens with zero attached hydrogens (tertiary/aromatic N) is 1. The van der Waals surface area contributed by atoms with Crippen LogP contribution in [0.1, 0.15) is 16.7 Å². The Hall–Kier alpha value is -2.54. The summed E-state index contributed by atoms with van der Waals surface area (Å²) in [5, 5.41) is 2.73. The van der Waals surface area contributed by atoms with Gasteiger partial charge in [-0.15, -0.1) is 0 Å². The number of aromatic nitrogens is 1. The van der Waals surface area contributed by atoms with Crippen molar-refractivity contribution in [2.24, 2.45) is 7.05 Å². The van der Waals surface area contributed by atoms with Crippen molar-refractivity contribution >= 4 is 21.8 Å². The molecule has 106 valence electrons. The van der Waals surface area contributed by atoms with Crippen molar-refractivity contribution in [3.63, 3.8) is 0 Å². The van der Waals surface area contributed by atoms with Gasteiger partial charge in [-0.1, -0.05) is 42.0 Å². The average Bonchev–Trinajstić information content (AvgIpc) is 3.01. The lowest BCUT2D eigenvalue weighted by Crippen LogP contribution is -1.87. The summed E-state index contributed by atoms with van der Waals surface area (Å²) in [6.45, 7) is 2.17. The minimum Gasteiger partial charge on any atom is -0.344 e. The molecular weight excluding hydrogens is 266 g/mol. The lowest BCUT2D eigenvalue weighted by Gasteiger charge is -2.04. The molecule has 1 nitrogen and oxygen atoms in total. The zero-order chi connectivity index (χ0) is 14.8. The molecule has 1 aliphatic carbocycles. The molecule has 1 aliphatic rings. The summed E-state index contributed by atoms with van der Waals surface area (Å²) >= 11 is 0. The number of hydrogen-bond donors (Lipinski definition) is 0. The minimum atomic E-state index is 1.06. The van der Waals surface area contributed by atoms with Crippen molar-refractivity contribution in [3.05, 3.63) is 71.3 Å². The molecule has 0 amide bonds. The van der Waals surface area contributed by atoms with Crippen LogP contribution in [0.15, 0.2) is 54.6 Å². The van der Waals surface area contributed by atoms with Gasteiger partial charge in [0.1, 0.15) is 0 Å². The Labute approximate surface area is 129 Å². The van der Waals surface area contributed by atoms with E-state index in [1.165, 1.54) is 49.6 Å². The predicted octanol–water partition coefficient (Wildman–Crippen LogP) is 5.21. The van der Waals surface area contributed by atoms with Crippen LogP contribution in [-0.2, 0) is 13.5 Å². The molecule has 0 unspecified atom stereocenters. The van der Waals surface area contributed by atoms with Gasteiger partial charge in [0.25, 0.3) is 0 Å². The first-order valence-electron chi connectivity index (χ1n) is 7.82. The highest BCUT2D eigenvalue weighted by Crippen LogP contribution is 2.41. The lowest BCUT2D eigenvalue weighted by molar-refractivity contribution is 1.01. The van der Waals surface area contributed by atoms with Gasteiger partial charge in [0.15, 0.2) is 0 Å². The number of hydrogen-bond acceptors (Lipinski definition) is 0. The molecule has 3 aromatic carbocycles. The Bertz CT molecular complexity index is 1070. The predicted molar refractivity (Wildman–Crippen MR) is 93.4 cm³/mol. The van der Waals surface area contributed by atoms with Gasteiger partial charge in [-0.2, -0.15) is 0 Å². The largest absolute Gasteiger partial charge is 0.344 e. The number of benzene rings is 3. The zero-order valence-electron chi connectivity index (χ0n) is 12.9. The molecule has 0 radical (unpaired) electrons. The second kappa shape index (κ2) is 4.01. The fourth-order valence-electron chi connectivity index (χ4n) is 3.98. The second-order valence-corrected chi connectivity index (χ2v) is 6.44. The highest BCUT2D eigenvalue weighted by Gasteiger charge is 2.20. The van der Waals surface area contributed by atoms with E-state index in [0.717, 1.165) is 6.42 Å². The first kappa shape index (κ1) is 12.0. The van der Waals surface area contributed by atoms with Crippen LogP contribution in [0, 0.1) is 6.92 Å². The Morgan fingerprint density at radius 1 is 0.773 bits per heavy atom. The summed E-state index contributed by atoms with van der Waals surface area (Å²) in [6.07, 6.45) is 1.06. The van der Waals surface area contributed by atoms with Crippen molar-refractivity contribution in [1.82, 2.24) is 4.57 Å². The number of fused-ring (bicyclic) bond motifs is 6. The fraction of sp³-hybridized carbons (Fsp3) is 0.143. The monoisotopic (exact) mass is 283 g/mol. The standard InChI is InChI=1S/C21H17N/c1-13-7-8-16-14(9-13)10-15-11-19-17-5-3-4-6-20(17)22(2)21(19)12-18(15)16/h3-9,11-12H,10H2,1-2H3. The van der Waals surface area contributed by atoms with E-state index in [1.807, 2.05) is 0 Å². The third-order valence-corrected chi connectivity index (χ3v) is 5.07. The maximum absolute atomic E-state index is 2.41. The van der Waals surface area contributed by atoms with E-state index in [2.05, 4.69) is 73.1 Å². The van der Waals surface area contributed by atoms with Crippen LogP contribution < -0.4 is 0 Å². The Morgan fingerprint density at radius 3 is 2.50 bits per heavy atom. The van der Waals surface area contributed by atoms with Gasteiger partial charge >= 0.3 is 0 Å². The van der Waals surface area contributed by atoms with Crippen molar-refractivity contribution in [3.8, 4) is 11.1 Å². The second-order valence-electron chi connectivity index (χ2n) is 6.44. The maximum atomic E-state index is 2.41. The molecular formula is C21H17N. The molecule has 0 spiro atoms. The number of rotatable bonds is 0. The van der Waals surface area contributed by atoms with Crippen LogP contribution in [0.25, 0.3) is 32.9 Å². The van der Waals surface area contributed by atoms with Crippen LogP contribution in [0.5, 0.6) is 0 Å². The summed E-state index contributed by atoms with van der Waals surface area (Å²) in [6, 6.07) is 20.3. The first-order valence-corrected chi connectivity index (χ1v) is 7.82. The molecule has 0 aliphatic heterocycles. The van der Waals surface area contributed by atoms with E-state index in [4.69, 9.17) is 0 Å². The van der Waals surface area contributed by atoms with Crippen molar-refractivity contribution in [2.75, 3.05) is 0 Å². The van der Waals surface area contributed by atoms with E-state index in [-0.39, 0.29) is 0 Å². The Morgan fingerprint density at radius 2 is 1.59 bits per heavy atom. The van der Waals surface area contributed by atoms with E-state index < -0.39 is 0 Å². The highest BCUT2D eigenvalue weighted by atomic mass is 14.9. The van der Waals surface area contributed by atoms with Gasteiger partial charge in [0.2, 0.25) is 0 Å². The van der Waals surface area contributed by atoms with E-state index >= 15 is 0 Å². The number of aryl methyl sites for hydroxylation is 2. The average molecular weight is 283 g/mol. The SMILES string of the molecule is Cc1ccc2c(c1)Cc1cc3c4ccccc4n(C)c3cc1-2. The van der Waals surface area contributed by atoms with E-state index in [1.54, 1.807) is 0 Å². The molecule has 0 fully saturated rings. The summed E-state index contributed by atoms with van der Waals surface area (Å²) in [5.74, 6) is 0. The molecule has 1 heteroatoms. The summed E-state index contributed by atoms with van der Waals surface area (Å²) in [7, 11) is 2.17. The summed E-state index contributed by atoms with van der Waals surface area (Å²) in [5.41, 5.74) is 9.74. The molecule has 0 N–H and O–H groups in total. The highest BCUT2D eigenvalue weighted by molar-refractivity contribution is 6.09. The van der Waals surface area contributed by atoms with Gasteiger partial charge in [-0.05, 0) is 53.8 Å². The third-order valence-electron chi connectivity index (χ3n) is 5.07. The molecule has 1 heterocycles.